The highest BCUT2D eigenvalue weighted by Crippen LogP contribution is 2.03. The molecule has 1 aromatic carbocycles. The second kappa shape index (κ2) is 7.32. The van der Waals surface area contributed by atoms with Crippen LogP contribution in [0, 0.1) is 0 Å². The summed E-state index contributed by atoms with van der Waals surface area (Å²) in [6, 6.07) is 8.32. The minimum absolute atomic E-state index is 0.505. The molecule has 14 heavy (non-hydrogen) atoms. The molecule has 0 fully saturated rings. The molecule has 4 nitrogen and oxygen atoms in total. The van der Waals surface area contributed by atoms with Crippen molar-refractivity contribution in [1.29, 1.82) is 0 Å². The molecule has 1 rings (SSSR count). The highest BCUT2D eigenvalue weighted by atomic mass is 35.5. The van der Waals surface area contributed by atoms with Crippen molar-refractivity contribution in [2.75, 3.05) is 6.61 Å². The lowest BCUT2D eigenvalue weighted by Gasteiger charge is -1.96. The number of aliphatic hydroxyl groups excluding tert-OH is 1. The zero-order valence-electron chi connectivity index (χ0n) is 7.43. The van der Waals surface area contributed by atoms with Crippen LogP contribution in [-0.4, -0.2) is 28.8 Å². The molecule has 78 valence electrons. The van der Waals surface area contributed by atoms with Crippen molar-refractivity contribution in [3.8, 4) is 0 Å². The van der Waals surface area contributed by atoms with E-state index in [1.54, 1.807) is 0 Å². The van der Waals surface area contributed by atoms with Gasteiger partial charge in [0.05, 0.1) is 6.61 Å². The Hall–Kier alpha value is -1.10. The molecule has 0 spiro atoms. The van der Waals surface area contributed by atoms with E-state index < -0.39 is 18.6 Å². The molecule has 1 aromatic rings. The lowest BCUT2D eigenvalue weighted by atomic mass is 10.3. The topological polar surface area (TPSA) is 83.5 Å². The van der Waals surface area contributed by atoms with Crippen LogP contribution >= 0.6 is 11.6 Å². The van der Waals surface area contributed by atoms with Gasteiger partial charge in [-0.05, 0) is 12.1 Å². The number of aliphatic carboxylic acids is 1. The van der Waals surface area contributed by atoms with Crippen LogP contribution in [0.4, 0.5) is 0 Å². The van der Waals surface area contributed by atoms with E-state index in [0.717, 1.165) is 5.02 Å². The summed E-state index contributed by atoms with van der Waals surface area (Å²) in [5.74, 6) is -1.18. The number of nitrogens with two attached hydrogens (primary N) is 1. The van der Waals surface area contributed by atoms with Gasteiger partial charge < -0.3 is 15.9 Å². The van der Waals surface area contributed by atoms with E-state index in [1.807, 2.05) is 30.3 Å². The van der Waals surface area contributed by atoms with Crippen LogP contribution in [0.5, 0.6) is 0 Å². The van der Waals surface area contributed by atoms with E-state index in [2.05, 4.69) is 0 Å². The fourth-order valence-electron chi connectivity index (χ4n) is 0.493. The normalized spacial score (nSPS) is 11.1. The maximum atomic E-state index is 9.65. The van der Waals surface area contributed by atoms with Gasteiger partial charge >= 0.3 is 5.97 Å². The molecule has 0 amide bonds. The molecule has 1 unspecified atom stereocenters. The highest BCUT2D eigenvalue weighted by Gasteiger charge is 2.06. The van der Waals surface area contributed by atoms with E-state index in [-0.39, 0.29) is 0 Å². The molecule has 0 radical (unpaired) electrons. The molecular weight excluding hydrogens is 206 g/mol. The van der Waals surface area contributed by atoms with Crippen LogP contribution in [0.15, 0.2) is 30.3 Å². The van der Waals surface area contributed by atoms with Gasteiger partial charge in [0.1, 0.15) is 6.04 Å². The summed E-state index contributed by atoms with van der Waals surface area (Å²) in [5, 5.41) is 16.7. The van der Waals surface area contributed by atoms with Crippen LogP contribution < -0.4 is 5.73 Å². The lowest BCUT2D eigenvalue weighted by Crippen LogP contribution is -2.33. The zero-order chi connectivity index (χ0) is 11.0. The summed E-state index contributed by atoms with van der Waals surface area (Å²) in [7, 11) is 0. The zero-order valence-corrected chi connectivity index (χ0v) is 8.19. The van der Waals surface area contributed by atoms with Crippen LogP contribution in [0.25, 0.3) is 0 Å². The summed E-state index contributed by atoms with van der Waals surface area (Å²) in [5.41, 5.74) is 4.77. The Bertz CT molecular complexity index is 266. The Kier molecular flexibility index (Phi) is 6.74. The number of hydrogen-bond donors (Lipinski definition) is 3. The Labute approximate surface area is 86.9 Å². The van der Waals surface area contributed by atoms with Crippen LogP contribution in [0.3, 0.4) is 0 Å². The van der Waals surface area contributed by atoms with Crippen molar-refractivity contribution in [2.45, 2.75) is 6.04 Å². The number of rotatable bonds is 2. The fraction of sp³-hybridized carbons (Fsp3) is 0.222. The molecule has 4 N–H and O–H groups in total. The van der Waals surface area contributed by atoms with Crippen molar-refractivity contribution in [3.63, 3.8) is 0 Å². The van der Waals surface area contributed by atoms with Gasteiger partial charge in [-0.25, -0.2) is 0 Å². The van der Waals surface area contributed by atoms with Gasteiger partial charge in [-0.2, -0.15) is 0 Å². The van der Waals surface area contributed by atoms with Crippen molar-refractivity contribution < 1.29 is 15.0 Å². The first kappa shape index (κ1) is 12.9. The van der Waals surface area contributed by atoms with Gasteiger partial charge in [-0.3, -0.25) is 4.79 Å². The summed E-state index contributed by atoms with van der Waals surface area (Å²) < 4.78 is 0. The first-order valence-electron chi connectivity index (χ1n) is 3.87. The van der Waals surface area contributed by atoms with Crippen molar-refractivity contribution in [3.05, 3.63) is 35.4 Å². The first-order chi connectivity index (χ1) is 6.57. The number of carboxylic acids is 1. The summed E-state index contributed by atoms with van der Waals surface area (Å²) in [4.78, 5) is 9.65. The average molecular weight is 218 g/mol. The fourth-order valence-corrected chi connectivity index (χ4v) is 0.638. The van der Waals surface area contributed by atoms with Crippen molar-refractivity contribution >= 4 is 17.6 Å². The highest BCUT2D eigenvalue weighted by molar-refractivity contribution is 6.30. The van der Waals surface area contributed by atoms with Crippen LogP contribution in [-0.2, 0) is 4.79 Å². The smallest absolute Gasteiger partial charge is 0.322 e. The average Bonchev–Trinajstić information content (AvgIpc) is 2.18. The van der Waals surface area contributed by atoms with Gasteiger partial charge in [0.25, 0.3) is 0 Å². The number of hydrogen-bond acceptors (Lipinski definition) is 3. The van der Waals surface area contributed by atoms with Crippen molar-refractivity contribution in [2.24, 2.45) is 5.73 Å². The van der Waals surface area contributed by atoms with Gasteiger partial charge in [0.15, 0.2) is 0 Å². The molecule has 0 saturated heterocycles. The van der Waals surface area contributed by atoms with Gasteiger partial charge in [-0.15, -0.1) is 0 Å². The lowest BCUT2D eigenvalue weighted by molar-refractivity contribution is -0.139. The predicted octanol–water partition coefficient (Wildman–Crippen LogP) is 0.731. The van der Waals surface area contributed by atoms with Gasteiger partial charge in [0.2, 0.25) is 0 Å². The number of carboxylic acid groups (broad SMARTS) is 1. The number of halogens is 1. The first-order valence-corrected chi connectivity index (χ1v) is 4.25. The second-order valence-corrected chi connectivity index (χ2v) is 2.86. The maximum Gasteiger partial charge on any atom is 0.322 e. The Morgan fingerprint density at radius 3 is 2.07 bits per heavy atom. The molecule has 1 atom stereocenters. The Balaban J connectivity index is 0.000000241. The summed E-state index contributed by atoms with van der Waals surface area (Å²) >= 11 is 5.54. The standard InChI is InChI=1S/C6H5Cl.C3H7NO3/c7-6-4-2-1-3-5-6;4-2(1-5)3(6)7/h1-5H;2,5H,1,4H2,(H,6,7). The maximum absolute atomic E-state index is 9.65. The molecule has 0 aliphatic rings. The molecule has 0 bridgehead atoms. The molecule has 0 heterocycles. The predicted molar refractivity (Wildman–Crippen MR) is 54.1 cm³/mol. The van der Waals surface area contributed by atoms with Gasteiger partial charge in [-0.1, -0.05) is 29.8 Å². The molecule has 0 aliphatic heterocycles. The van der Waals surface area contributed by atoms with E-state index >= 15 is 0 Å². The third-order valence-corrected chi connectivity index (χ3v) is 1.50. The molecular formula is C9H12ClNO3. The monoisotopic (exact) mass is 217 g/mol. The molecule has 5 heteroatoms. The quantitative estimate of drug-likeness (QED) is 0.682. The molecule has 0 aromatic heterocycles. The Morgan fingerprint density at radius 1 is 1.43 bits per heavy atom. The van der Waals surface area contributed by atoms with E-state index in [0.29, 0.717) is 0 Å². The number of carbonyl (C=O) groups is 1. The largest absolute Gasteiger partial charge is 0.480 e. The van der Waals surface area contributed by atoms with Crippen LogP contribution in [0.1, 0.15) is 0 Å². The van der Waals surface area contributed by atoms with Crippen LogP contribution in [0.2, 0.25) is 5.02 Å². The summed E-state index contributed by atoms with van der Waals surface area (Å²) in [6.45, 7) is -0.505. The minimum Gasteiger partial charge on any atom is -0.480 e. The number of benzene rings is 1. The molecule has 0 aliphatic carbocycles. The third kappa shape index (κ3) is 6.42. The number of aliphatic hydroxyl groups is 1. The van der Waals surface area contributed by atoms with E-state index in [1.165, 1.54) is 0 Å². The summed E-state index contributed by atoms with van der Waals surface area (Å²) in [6.07, 6.45) is 0. The second-order valence-electron chi connectivity index (χ2n) is 2.42. The SMILES string of the molecule is Clc1ccccc1.NC(CO)C(=O)O. The minimum atomic E-state index is -1.18. The van der Waals surface area contributed by atoms with Gasteiger partial charge in [0, 0.05) is 5.02 Å². The molecule has 0 saturated carbocycles. The van der Waals surface area contributed by atoms with E-state index in [4.69, 9.17) is 27.5 Å². The van der Waals surface area contributed by atoms with E-state index in [9.17, 15) is 4.79 Å². The third-order valence-electron chi connectivity index (χ3n) is 1.25. The van der Waals surface area contributed by atoms with Crippen molar-refractivity contribution in [1.82, 2.24) is 0 Å². The Morgan fingerprint density at radius 2 is 1.93 bits per heavy atom.